The van der Waals surface area contributed by atoms with Crippen molar-refractivity contribution in [2.45, 2.75) is 50.0 Å². The highest BCUT2D eigenvalue weighted by atomic mass is 32.2. The lowest BCUT2D eigenvalue weighted by Gasteiger charge is -2.30. The van der Waals surface area contributed by atoms with Crippen LogP contribution in [0.25, 0.3) is 0 Å². The van der Waals surface area contributed by atoms with Crippen molar-refractivity contribution < 1.29 is 22.7 Å². The molecule has 1 amide bonds. The number of aryl methyl sites for hydroxylation is 1. The second kappa shape index (κ2) is 8.39. The van der Waals surface area contributed by atoms with Crippen molar-refractivity contribution in [3.8, 4) is 0 Å². The van der Waals surface area contributed by atoms with E-state index >= 15 is 0 Å². The van der Waals surface area contributed by atoms with E-state index in [2.05, 4.69) is 5.32 Å². The van der Waals surface area contributed by atoms with Gasteiger partial charge in [0.25, 0.3) is 5.91 Å². The first kappa shape index (κ1) is 19.8. The number of hydrogen-bond donors (Lipinski definition) is 1. The Bertz CT molecular complexity index is 783. The first-order chi connectivity index (χ1) is 12.9. The molecule has 27 heavy (non-hydrogen) atoms. The van der Waals surface area contributed by atoms with E-state index in [0.29, 0.717) is 25.8 Å². The summed E-state index contributed by atoms with van der Waals surface area (Å²) in [4.78, 5) is 24.6. The van der Waals surface area contributed by atoms with Gasteiger partial charge in [0.05, 0.1) is 10.8 Å². The highest BCUT2D eigenvalue weighted by molar-refractivity contribution is 7.89. The molecule has 2 aliphatic heterocycles. The number of carbonyl (C=O) groups is 2. The van der Waals surface area contributed by atoms with E-state index in [1.807, 2.05) is 6.92 Å². The Labute approximate surface area is 160 Å². The van der Waals surface area contributed by atoms with Gasteiger partial charge in [-0.1, -0.05) is 17.7 Å². The maximum atomic E-state index is 12.7. The van der Waals surface area contributed by atoms with Crippen LogP contribution in [0.15, 0.2) is 29.2 Å². The molecule has 1 N–H and O–H groups in total. The number of benzene rings is 1. The largest absolute Gasteiger partial charge is 0.452 e. The number of sulfonamides is 1. The Morgan fingerprint density at radius 2 is 1.78 bits per heavy atom. The smallest absolute Gasteiger partial charge is 0.309 e. The van der Waals surface area contributed by atoms with Gasteiger partial charge >= 0.3 is 5.97 Å². The zero-order chi connectivity index (χ0) is 19.4. The molecule has 0 aromatic heterocycles. The van der Waals surface area contributed by atoms with Crippen molar-refractivity contribution >= 4 is 21.9 Å². The van der Waals surface area contributed by atoms with Crippen LogP contribution in [0.5, 0.6) is 0 Å². The lowest BCUT2D eigenvalue weighted by atomic mass is 9.98. The fourth-order valence-corrected chi connectivity index (χ4v) is 4.92. The highest BCUT2D eigenvalue weighted by Gasteiger charge is 2.34. The number of hydrogen-bond acceptors (Lipinski definition) is 5. The van der Waals surface area contributed by atoms with Crippen molar-refractivity contribution in [3.63, 3.8) is 0 Å². The molecule has 0 bridgehead atoms. The zero-order valence-corrected chi connectivity index (χ0v) is 16.3. The summed E-state index contributed by atoms with van der Waals surface area (Å²) >= 11 is 0. The molecule has 0 spiro atoms. The molecule has 8 heteroatoms. The maximum Gasteiger partial charge on any atom is 0.309 e. The Kier molecular flexibility index (Phi) is 6.16. The Hall–Kier alpha value is -1.93. The standard InChI is InChI=1S/C19H26N2O5S/c1-14-5-7-16(8-6-14)27(24,25)21-12-9-15(10-13-21)19(23)26-17-4-2-3-11-20-18(17)22/h5-8,15,17H,2-4,9-13H2,1H3,(H,20,22)/t17-/m1/s1. The van der Waals surface area contributed by atoms with Crippen molar-refractivity contribution in [2.75, 3.05) is 19.6 Å². The van der Waals surface area contributed by atoms with Crippen LogP contribution < -0.4 is 5.32 Å². The van der Waals surface area contributed by atoms with Crippen LogP contribution in [0.2, 0.25) is 0 Å². The molecule has 148 valence electrons. The summed E-state index contributed by atoms with van der Waals surface area (Å²) < 4.78 is 32.3. The molecule has 0 radical (unpaired) electrons. The SMILES string of the molecule is Cc1ccc(S(=O)(=O)N2CCC(C(=O)O[C@@H]3CCCCNC3=O)CC2)cc1. The van der Waals surface area contributed by atoms with Crippen molar-refractivity contribution in [1.82, 2.24) is 9.62 Å². The number of rotatable bonds is 4. The van der Waals surface area contributed by atoms with Gasteiger partial charge in [0.2, 0.25) is 10.0 Å². The van der Waals surface area contributed by atoms with Gasteiger partial charge in [-0.05, 0) is 51.2 Å². The quantitative estimate of drug-likeness (QED) is 0.783. The Morgan fingerprint density at radius 1 is 1.11 bits per heavy atom. The van der Waals surface area contributed by atoms with Gasteiger partial charge in [0.1, 0.15) is 0 Å². The minimum Gasteiger partial charge on any atom is -0.452 e. The van der Waals surface area contributed by atoms with Gasteiger partial charge in [-0.15, -0.1) is 0 Å². The predicted molar refractivity (Wildman–Crippen MR) is 99.4 cm³/mol. The summed E-state index contributed by atoms with van der Waals surface area (Å²) in [7, 11) is -3.55. The van der Waals surface area contributed by atoms with Crippen molar-refractivity contribution in [2.24, 2.45) is 5.92 Å². The molecule has 1 aromatic rings. The number of amides is 1. The number of nitrogens with zero attached hydrogens (tertiary/aromatic N) is 1. The fraction of sp³-hybridized carbons (Fsp3) is 0.579. The summed E-state index contributed by atoms with van der Waals surface area (Å²) in [6.07, 6.45) is 2.34. The van der Waals surface area contributed by atoms with Gasteiger partial charge in [0.15, 0.2) is 6.10 Å². The summed E-state index contributed by atoms with van der Waals surface area (Å²) in [5.41, 5.74) is 0.998. The molecule has 2 aliphatic rings. The van der Waals surface area contributed by atoms with E-state index in [0.717, 1.165) is 18.4 Å². The molecule has 0 saturated carbocycles. The first-order valence-electron chi connectivity index (χ1n) is 9.43. The number of piperidine rings is 1. The van der Waals surface area contributed by atoms with Gasteiger partial charge < -0.3 is 10.1 Å². The van der Waals surface area contributed by atoms with E-state index in [4.69, 9.17) is 4.74 Å². The maximum absolute atomic E-state index is 12.7. The van der Waals surface area contributed by atoms with Gasteiger partial charge in [-0.25, -0.2) is 8.42 Å². The summed E-state index contributed by atoms with van der Waals surface area (Å²) in [6.45, 7) is 3.06. The van der Waals surface area contributed by atoms with Crippen molar-refractivity contribution in [3.05, 3.63) is 29.8 Å². The topological polar surface area (TPSA) is 92.8 Å². The van der Waals surface area contributed by atoms with Gasteiger partial charge in [-0.3, -0.25) is 9.59 Å². The third kappa shape index (κ3) is 4.68. The third-order valence-electron chi connectivity index (χ3n) is 5.19. The van der Waals surface area contributed by atoms with Crippen LogP contribution in [0.1, 0.15) is 37.7 Å². The second-order valence-corrected chi connectivity index (χ2v) is 9.14. The van der Waals surface area contributed by atoms with Crippen LogP contribution in [-0.2, 0) is 24.3 Å². The number of carbonyl (C=O) groups excluding carboxylic acids is 2. The monoisotopic (exact) mass is 394 g/mol. The van der Waals surface area contributed by atoms with Gasteiger partial charge in [-0.2, -0.15) is 4.31 Å². The molecule has 1 aromatic carbocycles. The minimum absolute atomic E-state index is 0.236. The second-order valence-electron chi connectivity index (χ2n) is 7.20. The Morgan fingerprint density at radius 3 is 2.44 bits per heavy atom. The molecular weight excluding hydrogens is 368 g/mol. The van der Waals surface area contributed by atoms with Crippen molar-refractivity contribution in [1.29, 1.82) is 0 Å². The molecule has 2 fully saturated rings. The number of ether oxygens (including phenoxy) is 1. The highest BCUT2D eigenvalue weighted by Crippen LogP contribution is 2.25. The van der Waals surface area contributed by atoms with Crippen LogP contribution in [0.3, 0.4) is 0 Å². The predicted octanol–water partition coefficient (Wildman–Crippen LogP) is 1.61. The van der Waals surface area contributed by atoms with E-state index in [9.17, 15) is 18.0 Å². The zero-order valence-electron chi connectivity index (χ0n) is 15.5. The molecule has 0 unspecified atom stereocenters. The molecule has 1 atom stereocenters. The van der Waals surface area contributed by atoms with E-state index in [1.54, 1.807) is 24.3 Å². The number of nitrogens with one attached hydrogen (secondary N) is 1. The molecule has 2 heterocycles. The number of esters is 1. The van der Waals surface area contributed by atoms with Crippen LogP contribution in [-0.4, -0.2) is 50.3 Å². The Balaban J connectivity index is 1.57. The minimum atomic E-state index is -3.55. The molecule has 7 nitrogen and oxygen atoms in total. The van der Waals surface area contributed by atoms with Crippen LogP contribution in [0, 0.1) is 12.8 Å². The lowest BCUT2D eigenvalue weighted by Crippen LogP contribution is -2.42. The lowest BCUT2D eigenvalue weighted by molar-refractivity contribution is -0.161. The first-order valence-corrected chi connectivity index (χ1v) is 10.9. The molecule has 3 rings (SSSR count). The molecule has 0 aliphatic carbocycles. The van der Waals surface area contributed by atoms with Crippen LogP contribution in [0.4, 0.5) is 0 Å². The summed E-state index contributed by atoms with van der Waals surface area (Å²) in [6, 6.07) is 6.76. The average molecular weight is 394 g/mol. The normalized spacial score (nSPS) is 22.7. The average Bonchev–Trinajstić information content (AvgIpc) is 2.86. The van der Waals surface area contributed by atoms with Crippen LogP contribution >= 0.6 is 0 Å². The van der Waals surface area contributed by atoms with E-state index in [1.165, 1.54) is 4.31 Å². The fourth-order valence-electron chi connectivity index (χ4n) is 3.45. The summed E-state index contributed by atoms with van der Waals surface area (Å²) in [5, 5.41) is 2.75. The summed E-state index contributed by atoms with van der Waals surface area (Å²) in [5.74, 6) is -1.00. The third-order valence-corrected chi connectivity index (χ3v) is 7.10. The van der Waals surface area contributed by atoms with Gasteiger partial charge in [0, 0.05) is 19.6 Å². The molecule has 2 saturated heterocycles. The molecular formula is C19H26N2O5S. The van der Waals surface area contributed by atoms with E-state index in [-0.39, 0.29) is 29.8 Å². The van der Waals surface area contributed by atoms with E-state index < -0.39 is 22.1 Å².